The summed E-state index contributed by atoms with van der Waals surface area (Å²) in [5, 5.41) is 0. The second-order valence-electron chi connectivity index (χ2n) is 10.9. The molecule has 0 radical (unpaired) electrons. The van der Waals surface area contributed by atoms with Gasteiger partial charge in [-0.2, -0.15) is 0 Å². The van der Waals surface area contributed by atoms with Gasteiger partial charge < -0.3 is 9.47 Å². The van der Waals surface area contributed by atoms with Gasteiger partial charge in [0, 0.05) is 0 Å². The average molecular weight is 493 g/mol. The van der Waals surface area contributed by atoms with Crippen LogP contribution in [0, 0.1) is 11.8 Å². The van der Waals surface area contributed by atoms with Gasteiger partial charge in [-0.15, -0.1) is 0 Å². The van der Waals surface area contributed by atoms with Gasteiger partial charge in [0.2, 0.25) is 0 Å². The summed E-state index contributed by atoms with van der Waals surface area (Å²) < 4.78 is 11.5. The number of carbonyl (C=O) groups excluding carboxylic acids is 1. The number of carbonyl (C=O) groups is 1. The van der Waals surface area contributed by atoms with Crippen molar-refractivity contribution >= 4 is 5.97 Å². The SMILES string of the molecule is CCCCCC1CCC(c2ccc(OC(=O)c3ccc(OCCCCCC(C)CC)cc3)cc2)CC1. The molecule has 1 aliphatic carbocycles. The van der Waals surface area contributed by atoms with E-state index in [1.54, 1.807) is 12.1 Å². The Bertz CT molecular complexity index is 863. The molecule has 3 nitrogen and oxygen atoms in total. The molecular weight excluding hydrogens is 444 g/mol. The van der Waals surface area contributed by atoms with Crippen molar-refractivity contribution in [2.75, 3.05) is 6.61 Å². The van der Waals surface area contributed by atoms with Crippen molar-refractivity contribution in [3.05, 3.63) is 59.7 Å². The lowest BCUT2D eigenvalue weighted by molar-refractivity contribution is 0.0734. The van der Waals surface area contributed by atoms with E-state index < -0.39 is 0 Å². The average Bonchev–Trinajstić information content (AvgIpc) is 2.92. The summed E-state index contributed by atoms with van der Waals surface area (Å²) in [5.74, 6) is 3.47. The highest BCUT2D eigenvalue weighted by Crippen LogP contribution is 2.38. The van der Waals surface area contributed by atoms with E-state index in [0.29, 0.717) is 17.2 Å². The zero-order valence-corrected chi connectivity index (χ0v) is 23.0. The highest BCUT2D eigenvalue weighted by molar-refractivity contribution is 5.91. The molecule has 2 aromatic carbocycles. The maximum Gasteiger partial charge on any atom is 0.343 e. The van der Waals surface area contributed by atoms with Gasteiger partial charge in [-0.25, -0.2) is 4.79 Å². The van der Waals surface area contributed by atoms with Gasteiger partial charge >= 0.3 is 5.97 Å². The molecular formula is C33H48O3. The summed E-state index contributed by atoms with van der Waals surface area (Å²) in [7, 11) is 0. The maximum absolute atomic E-state index is 12.6. The Kier molecular flexibility index (Phi) is 12.4. The molecule has 0 aromatic heterocycles. The van der Waals surface area contributed by atoms with Gasteiger partial charge in [0.1, 0.15) is 11.5 Å². The lowest BCUT2D eigenvalue weighted by Crippen LogP contribution is -2.13. The fraction of sp³-hybridized carbons (Fsp3) is 0.606. The van der Waals surface area contributed by atoms with Crippen molar-refractivity contribution < 1.29 is 14.3 Å². The molecule has 0 heterocycles. The van der Waals surface area contributed by atoms with Crippen LogP contribution in [0.25, 0.3) is 0 Å². The fourth-order valence-corrected chi connectivity index (χ4v) is 5.29. The van der Waals surface area contributed by atoms with E-state index in [-0.39, 0.29) is 5.97 Å². The van der Waals surface area contributed by atoms with Crippen molar-refractivity contribution in [3.63, 3.8) is 0 Å². The van der Waals surface area contributed by atoms with Crippen LogP contribution >= 0.6 is 0 Å². The normalized spacial score (nSPS) is 18.5. The second-order valence-corrected chi connectivity index (χ2v) is 10.9. The third kappa shape index (κ3) is 9.64. The van der Waals surface area contributed by atoms with Crippen LogP contribution in [0.4, 0.5) is 0 Å². The Hall–Kier alpha value is -2.29. The zero-order chi connectivity index (χ0) is 25.6. The summed E-state index contributed by atoms with van der Waals surface area (Å²) in [6, 6.07) is 15.5. The summed E-state index contributed by atoms with van der Waals surface area (Å²) in [6.07, 6.45) is 16.8. The minimum absolute atomic E-state index is 0.327. The van der Waals surface area contributed by atoms with Crippen LogP contribution in [0.1, 0.15) is 126 Å². The first-order valence-electron chi connectivity index (χ1n) is 14.6. The fourth-order valence-electron chi connectivity index (χ4n) is 5.29. The van der Waals surface area contributed by atoms with Crippen molar-refractivity contribution in [1.82, 2.24) is 0 Å². The summed E-state index contributed by atoms with van der Waals surface area (Å²) in [6.45, 7) is 7.57. The number of ether oxygens (including phenoxy) is 2. The van der Waals surface area contributed by atoms with Gasteiger partial charge in [0.25, 0.3) is 0 Å². The molecule has 1 aliphatic rings. The zero-order valence-electron chi connectivity index (χ0n) is 23.0. The van der Waals surface area contributed by atoms with Crippen LogP contribution in [0.5, 0.6) is 11.5 Å². The van der Waals surface area contributed by atoms with Crippen molar-refractivity contribution in [1.29, 1.82) is 0 Å². The molecule has 1 atom stereocenters. The molecule has 1 saturated carbocycles. The number of hydrogen-bond donors (Lipinski definition) is 0. The predicted molar refractivity (Wildman–Crippen MR) is 150 cm³/mol. The number of hydrogen-bond acceptors (Lipinski definition) is 3. The summed E-state index contributed by atoms with van der Waals surface area (Å²) in [4.78, 5) is 12.6. The van der Waals surface area contributed by atoms with Gasteiger partial charge in [-0.3, -0.25) is 0 Å². The smallest absolute Gasteiger partial charge is 0.343 e. The number of rotatable bonds is 15. The molecule has 36 heavy (non-hydrogen) atoms. The van der Waals surface area contributed by atoms with E-state index in [1.807, 2.05) is 24.3 Å². The molecule has 198 valence electrons. The van der Waals surface area contributed by atoms with E-state index in [0.717, 1.165) is 30.6 Å². The lowest BCUT2D eigenvalue weighted by atomic mass is 9.77. The van der Waals surface area contributed by atoms with Crippen LogP contribution in [0.15, 0.2) is 48.5 Å². The minimum atomic E-state index is -0.327. The lowest BCUT2D eigenvalue weighted by Gasteiger charge is -2.29. The first kappa shape index (κ1) is 28.3. The third-order valence-corrected chi connectivity index (χ3v) is 8.02. The van der Waals surface area contributed by atoms with Crippen LogP contribution in [0.3, 0.4) is 0 Å². The highest BCUT2D eigenvalue weighted by atomic mass is 16.5. The van der Waals surface area contributed by atoms with Crippen LogP contribution in [-0.2, 0) is 0 Å². The highest BCUT2D eigenvalue weighted by Gasteiger charge is 2.22. The first-order chi connectivity index (χ1) is 17.6. The molecule has 0 amide bonds. The molecule has 1 unspecified atom stereocenters. The van der Waals surface area contributed by atoms with Gasteiger partial charge in [0.05, 0.1) is 12.2 Å². The van der Waals surface area contributed by atoms with Crippen molar-refractivity contribution in [3.8, 4) is 11.5 Å². The largest absolute Gasteiger partial charge is 0.494 e. The number of unbranched alkanes of at least 4 members (excludes halogenated alkanes) is 4. The van der Waals surface area contributed by atoms with Crippen LogP contribution < -0.4 is 9.47 Å². The van der Waals surface area contributed by atoms with E-state index in [4.69, 9.17) is 9.47 Å². The quantitative estimate of drug-likeness (QED) is 0.141. The molecule has 2 aromatic rings. The molecule has 0 bridgehead atoms. The van der Waals surface area contributed by atoms with Crippen LogP contribution in [0.2, 0.25) is 0 Å². The standard InChI is InChI=1S/C33H48O3/c1-4-6-8-12-27-13-15-28(16-14-27)29-17-23-32(24-18-29)36-33(34)30-19-21-31(22-20-30)35-25-10-7-9-11-26(3)5-2/h17-24,26-28H,4-16,25H2,1-3H3. The Balaban J connectivity index is 1.37. The Morgan fingerprint density at radius 2 is 1.53 bits per heavy atom. The topological polar surface area (TPSA) is 35.5 Å². The maximum atomic E-state index is 12.6. The third-order valence-electron chi connectivity index (χ3n) is 8.02. The van der Waals surface area contributed by atoms with E-state index in [1.165, 1.54) is 82.6 Å². The number of benzene rings is 2. The van der Waals surface area contributed by atoms with Crippen LogP contribution in [-0.4, -0.2) is 12.6 Å². The second kappa shape index (κ2) is 15.7. The minimum Gasteiger partial charge on any atom is -0.494 e. The van der Waals surface area contributed by atoms with Crippen molar-refractivity contribution in [2.45, 2.75) is 110 Å². The molecule has 1 fully saturated rings. The van der Waals surface area contributed by atoms with Crippen molar-refractivity contribution in [2.24, 2.45) is 11.8 Å². The molecule has 0 aliphatic heterocycles. The Morgan fingerprint density at radius 1 is 0.833 bits per heavy atom. The van der Waals surface area contributed by atoms with E-state index in [9.17, 15) is 4.79 Å². The number of esters is 1. The Labute approximate surface area is 220 Å². The van der Waals surface area contributed by atoms with Gasteiger partial charge in [0.15, 0.2) is 0 Å². The summed E-state index contributed by atoms with van der Waals surface area (Å²) in [5.41, 5.74) is 1.92. The Morgan fingerprint density at radius 3 is 2.19 bits per heavy atom. The van der Waals surface area contributed by atoms with Gasteiger partial charge in [-0.1, -0.05) is 84.3 Å². The predicted octanol–water partition coefficient (Wildman–Crippen LogP) is 9.75. The van der Waals surface area contributed by atoms with E-state index >= 15 is 0 Å². The monoisotopic (exact) mass is 492 g/mol. The first-order valence-corrected chi connectivity index (χ1v) is 14.6. The molecule has 0 spiro atoms. The molecule has 0 saturated heterocycles. The van der Waals surface area contributed by atoms with Gasteiger partial charge in [-0.05, 0) is 91.8 Å². The van der Waals surface area contributed by atoms with E-state index in [2.05, 4.69) is 32.9 Å². The molecule has 3 heteroatoms. The molecule has 3 rings (SSSR count). The molecule has 0 N–H and O–H groups in total. The summed E-state index contributed by atoms with van der Waals surface area (Å²) >= 11 is 0.